The predicted molar refractivity (Wildman–Crippen MR) is 82.6 cm³/mol. The lowest BCUT2D eigenvalue weighted by molar-refractivity contribution is 0.598. The minimum absolute atomic E-state index is 0.0233. The third-order valence-electron chi connectivity index (χ3n) is 3.53. The van der Waals surface area contributed by atoms with Crippen LogP contribution in [-0.2, 0) is 12.8 Å². The van der Waals surface area contributed by atoms with Gasteiger partial charge in [0.2, 0.25) is 0 Å². The van der Waals surface area contributed by atoms with E-state index in [0.29, 0.717) is 6.42 Å². The third kappa shape index (κ3) is 4.06. The summed E-state index contributed by atoms with van der Waals surface area (Å²) in [6.07, 6.45) is 2.50. The molecule has 0 fully saturated rings. The van der Waals surface area contributed by atoms with Crippen LogP contribution in [0.25, 0.3) is 0 Å². The van der Waals surface area contributed by atoms with Crippen molar-refractivity contribution in [3.63, 3.8) is 0 Å². The van der Waals surface area contributed by atoms with Gasteiger partial charge >= 0.3 is 0 Å². The first-order valence-electron chi connectivity index (χ1n) is 6.80. The van der Waals surface area contributed by atoms with Crippen LogP contribution >= 0.6 is 11.6 Å². The molecule has 0 amide bonds. The molecule has 1 atom stereocenters. The molecule has 0 spiro atoms. The van der Waals surface area contributed by atoms with E-state index in [0.717, 1.165) is 18.4 Å². The first-order chi connectivity index (χ1) is 9.56. The van der Waals surface area contributed by atoms with Crippen molar-refractivity contribution >= 4 is 11.6 Å². The maximum absolute atomic E-state index is 13.4. The second kappa shape index (κ2) is 6.87. The monoisotopic (exact) mass is 291 g/mol. The lowest BCUT2D eigenvalue weighted by Crippen LogP contribution is -2.23. The molecule has 0 aliphatic carbocycles. The molecule has 3 heteroatoms. The van der Waals surface area contributed by atoms with Crippen molar-refractivity contribution in [2.45, 2.75) is 32.2 Å². The Balaban J connectivity index is 1.91. The van der Waals surface area contributed by atoms with Gasteiger partial charge in [-0.15, -0.1) is 0 Å². The smallest absolute Gasteiger partial charge is 0.142 e. The average Bonchev–Trinajstić information content (AvgIpc) is 2.42. The predicted octanol–water partition coefficient (Wildman–Crippen LogP) is 4.29. The summed E-state index contributed by atoms with van der Waals surface area (Å²) in [6.45, 7) is 2.11. The molecule has 2 aromatic rings. The topological polar surface area (TPSA) is 26.0 Å². The van der Waals surface area contributed by atoms with Gasteiger partial charge in [0, 0.05) is 6.04 Å². The number of aryl methyl sites for hydroxylation is 2. The van der Waals surface area contributed by atoms with Gasteiger partial charge in [-0.3, -0.25) is 0 Å². The highest BCUT2D eigenvalue weighted by Gasteiger charge is 2.08. The summed E-state index contributed by atoms with van der Waals surface area (Å²) < 4.78 is 13.4. The molecule has 0 aliphatic rings. The highest BCUT2D eigenvalue weighted by molar-refractivity contribution is 6.30. The van der Waals surface area contributed by atoms with Crippen molar-refractivity contribution < 1.29 is 4.39 Å². The minimum atomic E-state index is -0.379. The summed E-state index contributed by atoms with van der Waals surface area (Å²) in [7, 11) is 0. The van der Waals surface area contributed by atoms with Crippen LogP contribution in [0.5, 0.6) is 0 Å². The molecular weight excluding hydrogens is 273 g/mol. The molecule has 0 saturated carbocycles. The molecule has 20 heavy (non-hydrogen) atoms. The summed E-state index contributed by atoms with van der Waals surface area (Å²) in [5.74, 6) is -0.379. The molecular formula is C17H19ClFN. The zero-order chi connectivity index (χ0) is 14.5. The molecule has 1 nitrogen and oxygen atoms in total. The Labute approximate surface area is 124 Å². The lowest BCUT2D eigenvalue weighted by Gasteiger charge is -2.13. The molecule has 0 bridgehead atoms. The van der Waals surface area contributed by atoms with Crippen molar-refractivity contribution in [1.82, 2.24) is 0 Å². The molecule has 0 heterocycles. The number of benzene rings is 2. The third-order valence-corrected chi connectivity index (χ3v) is 3.83. The maximum Gasteiger partial charge on any atom is 0.142 e. The van der Waals surface area contributed by atoms with Crippen molar-refractivity contribution in [2.24, 2.45) is 5.73 Å². The van der Waals surface area contributed by atoms with Gasteiger partial charge < -0.3 is 5.73 Å². The Kier molecular flexibility index (Phi) is 5.16. The van der Waals surface area contributed by atoms with Gasteiger partial charge in [0.15, 0.2) is 0 Å². The SMILES string of the molecule is Cc1ccccc1CCC(N)Cc1ccc(Cl)c(F)c1. The summed E-state index contributed by atoms with van der Waals surface area (Å²) in [4.78, 5) is 0. The number of halogens is 2. The minimum Gasteiger partial charge on any atom is -0.327 e. The highest BCUT2D eigenvalue weighted by Crippen LogP contribution is 2.17. The van der Waals surface area contributed by atoms with Crippen LogP contribution in [0.4, 0.5) is 4.39 Å². The average molecular weight is 292 g/mol. The lowest BCUT2D eigenvalue weighted by atomic mass is 9.97. The van der Waals surface area contributed by atoms with Gasteiger partial charge in [0.25, 0.3) is 0 Å². The van der Waals surface area contributed by atoms with Crippen LogP contribution < -0.4 is 5.73 Å². The Hall–Kier alpha value is -1.38. The molecule has 2 N–H and O–H groups in total. The van der Waals surface area contributed by atoms with Crippen LogP contribution in [0.15, 0.2) is 42.5 Å². The molecule has 0 aromatic heterocycles. The molecule has 1 unspecified atom stereocenters. The van der Waals surface area contributed by atoms with Gasteiger partial charge in [0.1, 0.15) is 5.82 Å². The summed E-state index contributed by atoms with van der Waals surface area (Å²) in [5, 5.41) is 0.155. The number of rotatable bonds is 5. The Morgan fingerprint density at radius 2 is 1.95 bits per heavy atom. The van der Waals surface area contributed by atoms with E-state index < -0.39 is 0 Å². The molecule has 0 radical (unpaired) electrons. The highest BCUT2D eigenvalue weighted by atomic mass is 35.5. The van der Waals surface area contributed by atoms with Crippen molar-refractivity contribution in [2.75, 3.05) is 0 Å². The van der Waals surface area contributed by atoms with Gasteiger partial charge in [-0.2, -0.15) is 0 Å². The van der Waals surface area contributed by atoms with Crippen LogP contribution in [0, 0.1) is 12.7 Å². The van der Waals surface area contributed by atoms with E-state index in [2.05, 4.69) is 19.1 Å². The van der Waals surface area contributed by atoms with E-state index in [-0.39, 0.29) is 16.9 Å². The van der Waals surface area contributed by atoms with Crippen molar-refractivity contribution in [1.29, 1.82) is 0 Å². The normalized spacial score (nSPS) is 12.4. The fourth-order valence-corrected chi connectivity index (χ4v) is 2.42. The number of nitrogens with two attached hydrogens (primary N) is 1. The number of hydrogen-bond donors (Lipinski definition) is 1. The maximum atomic E-state index is 13.4. The van der Waals surface area contributed by atoms with E-state index in [1.807, 2.05) is 18.2 Å². The first kappa shape index (κ1) is 15.0. The standard InChI is InChI=1S/C17H19ClFN/c1-12-4-2-3-5-14(12)7-8-15(20)10-13-6-9-16(18)17(19)11-13/h2-6,9,11,15H,7-8,10,20H2,1H3. The van der Waals surface area contributed by atoms with Gasteiger partial charge in [0.05, 0.1) is 5.02 Å². The summed E-state index contributed by atoms with van der Waals surface area (Å²) in [6, 6.07) is 13.2. The van der Waals surface area contributed by atoms with Crippen LogP contribution in [0.3, 0.4) is 0 Å². The van der Waals surface area contributed by atoms with Crippen LogP contribution in [0.1, 0.15) is 23.1 Å². The van der Waals surface area contributed by atoms with E-state index in [1.54, 1.807) is 6.07 Å². The Morgan fingerprint density at radius 1 is 1.20 bits per heavy atom. The summed E-state index contributed by atoms with van der Waals surface area (Å²) >= 11 is 5.67. The van der Waals surface area contributed by atoms with E-state index in [4.69, 9.17) is 17.3 Å². The Bertz CT molecular complexity index is 583. The van der Waals surface area contributed by atoms with Crippen LogP contribution in [0.2, 0.25) is 5.02 Å². The number of hydrogen-bond acceptors (Lipinski definition) is 1. The Morgan fingerprint density at radius 3 is 2.65 bits per heavy atom. The van der Waals surface area contributed by atoms with Gasteiger partial charge in [-0.1, -0.05) is 41.9 Å². The fourth-order valence-electron chi connectivity index (χ4n) is 2.30. The molecule has 106 valence electrons. The second-order valence-electron chi connectivity index (χ2n) is 5.18. The molecule has 2 rings (SSSR count). The van der Waals surface area contributed by atoms with E-state index in [9.17, 15) is 4.39 Å². The van der Waals surface area contributed by atoms with Gasteiger partial charge in [-0.25, -0.2) is 4.39 Å². The van der Waals surface area contributed by atoms with E-state index >= 15 is 0 Å². The molecule has 0 aliphatic heterocycles. The summed E-state index contributed by atoms with van der Waals surface area (Å²) in [5.41, 5.74) is 9.64. The molecule has 2 aromatic carbocycles. The fraction of sp³-hybridized carbons (Fsp3) is 0.294. The second-order valence-corrected chi connectivity index (χ2v) is 5.59. The zero-order valence-corrected chi connectivity index (χ0v) is 12.3. The van der Waals surface area contributed by atoms with Crippen LogP contribution in [-0.4, -0.2) is 6.04 Å². The van der Waals surface area contributed by atoms with Crippen molar-refractivity contribution in [3.05, 3.63) is 70.0 Å². The first-order valence-corrected chi connectivity index (χ1v) is 7.18. The van der Waals surface area contributed by atoms with E-state index in [1.165, 1.54) is 17.2 Å². The molecule has 0 saturated heterocycles. The largest absolute Gasteiger partial charge is 0.327 e. The quantitative estimate of drug-likeness (QED) is 0.874. The zero-order valence-electron chi connectivity index (χ0n) is 11.6. The van der Waals surface area contributed by atoms with Crippen molar-refractivity contribution in [3.8, 4) is 0 Å². The van der Waals surface area contributed by atoms with Gasteiger partial charge in [-0.05, 0) is 55.0 Å².